The summed E-state index contributed by atoms with van der Waals surface area (Å²) in [5, 5.41) is 5.91. The van der Waals surface area contributed by atoms with Crippen LogP contribution >= 0.6 is 0 Å². The SMILES string of the molecule is O=C(NCCNC1CCCCCC1)c1ccc(C(F)(F)F)[nH]c1=O. The zero-order chi connectivity index (χ0) is 17.6. The van der Waals surface area contributed by atoms with Crippen molar-refractivity contribution in [1.29, 1.82) is 0 Å². The lowest BCUT2D eigenvalue weighted by Gasteiger charge is -2.16. The van der Waals surface area contributed by atoms with Crippen molar-refractivity contribution in [2.45, 2.75) is 50.7 Å². The summed E-state index contributed by atoms with van der Waals surface area (Å²) in [6, 6.07) is 2.04. The van der Waals surface area contributed by atoms with Gasteiger partial charge in [-0.15, -0.1) is 0 Å². The van der Waals surface area contributed by atoms with Gasteiger partial charge in [0.05, 0.1) is 0 Å². The molecule has 1 amide bonds. The van der Waals surface area contributed by atoms with E-state index in [1.807, 2.05) is 0 Å². The molecular weight excluding hydrogens is 323 g/mol. The van der Waals surface area contributed by atoms with Crippen molar-refractivity contribution >= 4 is 5.91 Å². The summed E-state index contributed by atoms with van der Waals surface area (Å²) in [6.07, 6.45) is 2.50. The first-order valence-corrected chi connectivity index (χ1v) is 8.20. The number of amides is 1. The lowest BCUT2D eigenvalue weighted by molar-refractivity contribution is -0.141. The van der Waals surface area contributed by atoms with Crippen LogP contribution in [0.5, 0.6) is 0 Å². The zero-order valence-corrected chi connectivity index (χ0v) is 13.3. The number of hydrogen-bond donors (Lipinski definition) is 3. The Balaban J connectivity index is 1.81. The molecule has 0 bridgehead atoms. The number of alkyl halides is 3. The molecule has 1 saturated carbocycles. The van der Waals surface area contributed by atoms with E-state index in [0.717, 1.165) is 18.9 Å². The van der Waals surface area contributed by atoms with Gasteiger partial charge < -0.3 is 15.6 Å². The van der Waals surface area contributed by atoms with E-state index in [0.29, 0.717) is 25.2 Å². The predicted octanol–water partition coefficient (Wildman–Crippen LogP) is 2.44. The first kappa shape index (κ1) is 18.5. The second-order valence-electron chi connectivity index (χ2n) is 6.01. The van der Waals surface area contributed by atoms with Gasteiger partial charge >= 0.3 is 6.18 Å². The fourth-order valence-corrected chi connectivity index (χ4v) is 2.85. The smallest absolute Gasteiger partial charge is 0.351 e. The number of aromatic amines is 1. The highest BCUT2D eigenvalue weighted by Crippen LogP contribution is 2.26. The van der Waals surface area contributed by atoms with Gasteiger partial charge in [-0.2, -0.15) is 13.2 Å². The maximum atomic E-state index is 12.5. The van der Waals surface area contributed by atoms with E-state index < -0.39 is 23.3 Å². The lowest BCUT2D eigenvalue weighted by Crippen LogP contribution is -2.38. The van der Waals surface area contributed by atoms with Crippen LogP contribution in [0.25, 0.3) is 0 Å². The summed E-state index contributed by atoms with van der Waals surface area (Å²) in [5.41, 5.74) is -2.53. The van der Waals surface area contributed by atoms with Gasteiger partial charge in [0.1, 0.15) is 11.3 Å². The molecule has 3 N–H and O–H groups in total. The molecule has 0 aliphatic heterocycles. The van der Waals surface area contributed by atoms with Crippen LogP contribution in [-0.4, -0.2) is 30.0 Å². The van der Waals surface area contributed by atoms with Gasteiger partial charge in [0.25, 0.3) is 11.5 Å². The first-order chi connectivity index (χ1) is 11.4. The van der Waals surface area contributed by atoms with E-state index >= 15 is 0 Å². The Kier molecular flexibility index (Phi) is 6.42. The Labute approximate surface area is 138 Å². The van der Waals surface area contributed by atoms with Crippen molar-refractivity contribution < 1.29 is 18.0 Å². The number of hydrogen-bond acceptors (Lipinski definition) is 3. The molecule has 8 heteroatoms. The number of carbonyl (C=O) groups is 1. The molecule has 5 nitrogen and oxygen atoms in total. The highest BCUT2D eigenvalue weighted by molar-refractivity contribution is 5.93. The largest absolute Gasteiger partial charge is 0.431 e. The average Bonchev–Trinajstić information content (AvgIpc) is 2.79. The van der Waals surface area contributed by atoms with Crippen molar-refractivity contribution in [3.63, 3.8) is 0 Å². The van der Waals surface area contributed by atoms with Crippen LogP contribution in [-0.2, 0) is 6.18 Å². The third-order valence-electron chi connectivity index (χ3n) is 4.16. The molecule has 2 rings (SSSR count). The summed E-state index contributed by atoms with van der Waals surface area (Å²) < 4.78 is 37.4. The molecule has 1 fully saturated rings. The van der Waals surface area contributed by atoms with Crippen LogP contribution in [0.2, 0.25) is 0 Å². The van der Waals surface area contributed by atoms with Crippen LogP contribution in [0.4, 0.5) is 13.2 Å². The van der Waals surface area contributed by atoms with Gasteiger partial charge in [-0.25, -0.2) is 0 Å². The molecule has 0 spiro atoms. The minimum Gasteiger partial charge on any atom is -0.351 e. The topological polar surface area (TPSA) is 74.0 Å². The van der Waals surface area contributed by atoms with Gasteiger partial charge in [0.2, 0.25) is 0 Å². The molecule has 134 valence electrons. The number of H-pyrrole nitrogens is 1. The van der Waals surface area contributed by atoms with Crippen LogP contribution in [0.1, 0.15) is 54.6 Å². The average molecular weight is 345 g/mol. The minimum atomic E-state index is -4.64. The van der Waals surface area contributed by atoms with Crippen LogP contribution in [0, 0.1) is 0 Å². The van der Waals surface area contributed by atoms with Gasteiger partial charge in [-0.1, -0.05) is 25.7 Å². The quantitative estimate of drug-likeness (QED) is 0.567. The van der Waals surface area contributed by atoms with Gasteiger partial charge in [-0.05, 0) is 25.0 Å². The number of nitrogens with one attached hydrogen (secondary N) is 3. The summed E-state index contributed by atoms with van der Waals surface area (Å²) >= 11 is 0. The van der Waals surface area contributed by atoms with Crippen LogP contribution in [0.15, 0.2) is 16.9 Å². The van der Waals surface area contributed by atoms with E-state index in [-0.39, 0.29) is 5.56 Å². The van der Waals surface area contributed by atoms with E-state index in [1.54, 1.807) is 4.98 Å². The Hall–Kier alpha value is -1.83. The Morgan fingerprint density at radius 3 is 2.38 bits per heavy atom. The summed E-state index contributed by atoms with van der Waals surface area (Å²) in [6.45, 7) is 0.880. The number of pyridine rings is 1. The first-order valence-electron chi connectivity index (χ1n) is 8.20. The number of aromatic nitrogens is 1. The highest BCUT2D eigenvalue weighted by Gasteiger charge is 2.32. The summed E-state index contributed by atoms with van der Waals surface area (Å²) in [5.74, 6) is -0.673. The second kappa shape index (κ2) is 8.32. The molecule has 0 unspecified atom stereocenters. The summed E-state index contributed by atoms with van der Waals surface area (Å²) in [7, 11) is 0. The molecule has 1 aliphatic rings. The fraction of sp³-hybridized carbons (Fsp3) is 0.625. The standard InChI is InChI=1S/C16H22F3N3O2/c17-16(18,19)13-8-7-12(15(24)22-13)14(23)21-10-9-20-11-5-3-1-2-4-6-11/h7-8,11,20H,1-6,9-10H2,(H,21,23)(H,22,24). The maximum absolute atomic E-state index is 12.5. The molecule has 0 aromatic carbocycles. The molecule has 1 aromatic heterocycles. The van der Waals surface area contributed by atoms with Crippen LogP contribution < -0.4 is 16.2 Å². The third kappa shape index (κ3) is 5.36. The molecule has 1 heterocycles. The Morgan fingerprint density at radius 2 is 1.79 bits per heavy atom. The molecule has 0 atom stereocenters. The fourth-order valence-electron chi connectivity index (χ4n) is 2.85. The normalized spacial score (nSPS) is 16.6. The molecular formula is C16H22F3N3O2. The monoisotopic (exact) mass is 345 g/mol. The van der Waals surface area contributed by atoms with Gasteiger partial charge in [0, 0.05) is 19.1 Å². The second-order valence-corrected chi connectivity index (χ2v) is 6.01. The van der Waals surface area contributed by atoms with E-state index in [4.69, 9.17) is 0 Å². The van der Waals surface area contributed by atoms with Crippen molar-refractivity contribution in [3.8, 4) is 0 Å². The lowest BCUT2D eigenvalue weighted by atomic mass is 10.1. The van der Waals surface area contributed by atoms with Crippen molar-refractivity contribution in [2.75, 3.05) is 13.1 Å². The molecule has 1 aliphatic carbocycles. The number of rotatable bonds is 5. The molecule has 1 aromatic rings. The van der Waals surface area contributed by atoms with E-state index in [9.17, 15) is 22.8 Å². The molecule has 0 radical (unpaired) electrons. The Bertz CT molecular complexity index is 605. The minimum absolute atomic E-state index is 0.315. The predicted molar refractivity (Wildman–Crippen MR) is 83.9 cm³/mol. The van der Waals surface area contributed by atoms with Crippen molar-refractivity contribution in [2.24, 2.45) is 0 Å². The summed E-state index contributed by atoms with van der Waals surface area (Å²) in [4.78, 5) is 25.2. The van der Waals surface area contributed by atoms with Gasteiger partial charge in [0.15, 0.2) is 0 Å². The number of halogens is 3. The molecule has 0 saturated heterocycles. The van der Waals surface area contributed by atoms with Crippen LogP contribution in [0.3, 0.4) is 0 Å². The van der Waals surface area contributed by atoms with E-state index in [2.05, 4.69) is 10.6 Å². The highest BCUT2D eigenvalue weighted by atomic mass is 19.4. The van der Waals surface area contributed by atoms with Gasteiger partial charge in [-0.3, -0.25) is 9.59 Å². The zero-order valence-electron chi connectivity index (χ0n) is 13.3. The van der Waals surface area contributed by atoms with Crippen molar-refractivity contribution in [1.82, 2.24) is 15.6 Å². The maximum Gasteiger partial charge on any atom is 0.431 e. The van der Waals surface area contributed by atoms with E-state index in [1.165, 1.54) is 25.7 Å². The third-order valence-corrected chi connectivity index (χ3v) is 4.16. The molecule has 24 heavy (non-hydrogen) atoms. The number of carbonyl (C=O) groups excluding carboxylic acids is 1. The Morgan fingerprint density at radius 1 is 1.12 bits per heavy atom. The van der Waals surface area contributed by atoms with Crippen molar-refractivity contribution in [3.05, 3.63) is 33.7 Å².